The molecule has 1 aliphatic carbocycles. The van der Waals surface area contributed by atoms with E-state index in [1.807, 2.05) is 0 Å². The van der Waals surface area contributed by atoms with Gasteiger partial charge in [-0.05, 0) is 56.0 Å². The number of rotatable bonds is 3. The number of aliphatic hydroxyl groups excluding tert-OH is 1. The first-order valence-electron chi connectivity index (χ1n) is 8.75. The highest BCUT2D eigenvalue weighted by Gasteiger charge is 2.35. The van der Waals surface area contributed by atoms with Crippen molar-refractivity contribution in [2.24, 2.45) is 5.92 Å². The predicted octanol–water partition coefficient (Wildman–Crippen LogP) is 3.81. The molecule has 1 aliphatic heterocycles. The van der Waals surface area contributed by atoms with Gasteiger partial charge in [0.25, 0.3) is 0 Å². The monoisotopic (exact) mass is 287 g/mol. The van der Waals surface area contributed by atoms with Crippen molar-refractivity contribution in [1.82, 2.24) is 4.90 Å². The van der Waals surface area contributed by atoms with Crippen LogP contribution < -0.4 is 0 Å². The zero-order valence-corrected chi connectivity index (χ0v) is 13.2. The summed E-state index contributed by atoms with van der Waals surface area (Å²) in [5.74, 6) is 1.46. The number of aliphatic hydroxyl groups is 1. The highest BCUT2D eigenvalue weighted by Crippen LogP contribution is 2.36. The molecule has 0 radical (unpaired) electrons. The summed E-state index contributed by atoms with van der Waals surface area (Å²) in [5.41, 5.74) is 1.46. The van der Waals surface area contributed by atoms with Gasteiger partial charge in [0.15, 0.2) is 0 Å². The number of nitrogens with zero attached hydrogens (tertiary/aromatic N) is 1. The smallest absolute Gasteiger partial charge is 0.0695 e. The lowest BCUT2D eigenvalue weighted by Gasteiger charge is -2.44. The normalized spacial score (nSPS) is 34.8. The van der Waals surface area contributed by atoms with Crippen LogP contribution in [0.4, 0.5) is 0 Å². The van der Waals surface area contributed by atoms with E-state index in [4.69, 9.17) is 0 Å². The van der Waals surface area contributed by atoms with Crippen molar-refractivity contribution in [2.45, 2.75) is 63.5 Å². The van der Waals surface area contributed by atoms with Crippen LogP contribution in [0, 0.1) is 5.92 Å². The van der Waals surface area contributed by atoms with E-state index in [0.717, 1.165) is 25.2 Å². The summed E-state index contributed by atoms with van der Waals surface area (Å²) in [5, 5.41) is 10.5. The fourth-order valence-electron chi connectivity index (χ4n) is 4.28. The maximum atomic E-state index is 10.5. The fourth-order valence-corrected chi connectivity index (χ4v) is 4.28. The molecule has 116 valence electrons. The van der Waals surface area contributed by atoms with Gasteiger partial charge in [0.1, 0.15) is 0 Å². The van der Waals surface area contributed by atoms with E-state index in [-0.39, 0.29) is 6.10 Å². The van der Waals surface area contributed by atoms with Crippen molar-refractivity contribution in [3.05, 3.63) is 35.9 Å². The summed E-state index contributed by atoms with van der Waals surface area (Å²) in [7, 11) is 0. The second-order valence-corrected chi connectivity index (χ2v) is 6.97. The molecule has 1 heterocycles. The van der Waals surface area contributed by atoms with Crippen LogP contribution in [-0.4, -0.2) is 35.2 Å². The molecule has 0 aromatic heterocycles. The molecule has 1 aromatic rings. The molecule has 2 fully saturated rings. The summed E-state index contributed by atoms with van der Waals surface area (Å²) >= 11 is 0. The molecule has 2 heteroatoms. The van der Waals surface area contributed by atoms with Crippen molar-refractivity contribution in [3.63, 3.8) is 0 Å². The minimum absolute atomic E-state index is 0.124. The Bertz CT molecular complexity index is 432. The summed E-state index contributed by atoms with van der Waals surface area (Å²) in [6.45, 7) is 4.68. The van der Waals surface area contributed by atoms with E-state index in [0.29, 0.717) is 12.0 Å². The number of piperidine rings is 1. The molecular formula is C19H29NO. The fraction of sp³-hybridized carbons (Fsp3) is 0.684. The molecule has 1 N–H and O–H groups in total. The van der Waals surface area contributed by atoms with Crippen LogP contribution in [0.1, 0.15) is 56.9 Å². The van der Waals surface area contributed by atoms with Gasteiger partial charge < -0.3 is 5.11 Å². The first kappa shape index (κ1) is 15.1. The van der Waals surface area contributed by atoms with Crippen LogP contribution in [0.3, 0.4) is 0 Å². The van der Waals surface area contributed by atoms with Crippen LogP contribution >= 0.6 is 0 Å². The van der Waals surface area contributed by atoms with Crippen molar-refractivity contribution >= 4 is 0 Å². The maximum Gasteiger partial charge on any atom is 0.0695 e. The van der Waals surface area contributed by atoms with Crippen molar-refractivity contribution in [1.29, 1.82) is 0 Å². The highest BCUT2D eigenvalue weighted by molar-refractivity contribution is 5.20. The number of benzene rings is 1. The van der Waals surface area contributed by atoms with Gasteiger partial charge >= 0.3 is 0 Å². The molecule has 0 bridgehead atoms. The average molecular weight is 287 g/mol. The predicted molar refractivity (Wildman–Crippen MR) is 87.4 cm³/mol. The lowest BCUT2D eigenvalue weighted by atomic mass is 9.78. The average Bonchev–Trinajstić information content (AvgIpc) is 2.56. The van der Waals surface area contributed by atoms with Gasteiger partial charge in [0.05, 0.1) is 6.10 Å². The largest absolute Gasteiger partial charge is 0.391 e. The van der Waals surface area contributed by atoms with Gasteiger partial charge in [-0.25, -0.2) is 0 Å². The van der Waals surface area contributed by atoms with Crippen LogP contribution in [0.25, 0.3) is 0 Å². The molecule has 4 unspecified atom stereocenters. The molecule has 0 amide bonds. The number of hydrogen-bond donors (Lipinski definition) is 1. The lowest BCUT2D eigenvalue weighted by Crippen LogP contribution is -2.50. The van der Waals surface area contributed by atoms with Crippen molar-refractivity contribution in [2.75, 3.05) is 13.1 Å². The molecule has 0 spiro atoms. The third-order valence-corrected chi connectivity index (χ3v) is 5.65. The Hall–Kier alpha value is -0.860. The van der Waals surface area contributed by atoms with Gasteiger partial charge in [0, 0.05) is 12.6 Å². The van der Waals surface area contributed by atoms with Crippen molar-refractivity contribution < 1.29 is 5.11 Å². The summed E-state index contributed by atoms with van der Waals surface area (Å²) < 4.78 is 0. The Morgan fingerprint density at radius 3 is 2.71 bits per heavy atom. The topological polar surface area (TPSA) is 23.5 Å². The third-order valence-electron chi connectivity index (χ3n) is 5.65. The van der Waals surface area contributed by atoms with Crippen molar-refractivity contribution in [3.8, 4) is 0 Å². The molecule has 1 aromatic carbocycles. The molecule has 2 aliphatic rings. The second-order valence-electron chi connectivity index (χ2n) is 6.97. The molecule has 21 heavy (non-hydrogen) atoms. The van der Waals surface area contributed by atoms with Crippen LogP contribution in [0.5, 0.6) is 0 Å². The minimum atomic E-state index is -0.124. The van der Waals surface area contributed by atoms with E-state index >= 15 is 0 Å². The zero-order valence-electron chi connectivity index (χ0n) is 13.2. The SMILES string of the molecule is CCC1CCCN(C2CC(c3ccccc3)CCC2O)C1. The Kier molecular flexibility index (Phi) is 4.97. The number of hydrogen-bond acceptors (Lipinski definition) is 2. The minimum Gasteiger partial charge on any atom is -0.391 e. The first-order chi connectivity index (χ1) is 10.3. The molecule has 2 nitrogen and oxygen atoms in total. The molecule has 1 saturated heterocycles. The lowest BCUT2D eigenvalue weighted by molar-refractivity contribution is -0.00556. The van der Waals surface area contributed by atoms with E-state index < -0.39 is 0 Å². The van der Waals surface area contributed by atoms with Crippen LogP contribution in [0.2, 0.25) is 0 Å². The van der Waals surface area contributed by atoms with Gasteiger partial charge in [-0.3, -0.25) is 4.90 Å². The van der Waals surface area contributed by atoms with E-state index in [1.54, 1.807) is 0 Å². The molecule has 1 saturated carbocycles. The Morgan fingerprint density at radius 2 is 1.95 bits per heavy atom. The number of likely N-dealkylation sites (tertiary alicyclic amines) is 1. The Morgan fingerprint density at radius 1 is 1.14 bits per heavy atom. The molecule has 3 rings (SSSR count). The van der Waals surface area contributed by atoms with Crippen LogP contribution in [0.15, 0.2) is 30.3 Å². The quantitative estimate of drug-likeness (QED) is 0.914. The maximum absolute atomic E-state index is 10.5. The summed E-state index contributed by atoms with van der Waals surface area (Å²) in [6, 6.07) is 11.3. The first-order valence-corrected chi connectivity index (χ1v) is 8.75. The van der Waals surface area contributed by atoms with E-state index in [9.17, 15) is 5.11 Å². The second kappa shape index (κ2) is 6.93. The van der Waals surface area contributed by atoms with Gasteiger partial charge in [-0.15, -0.1) is 0 Å². The zero-order chi connectivity index (χ0) is 14.7. The van der Waals surface area contributed by atoms with Gasteiger partial charge in [-0.1, -0.05) is 43.7 Å². The Balaban J connectivity index is 1.69. The third kappa shape index (κ3) is 3.49. The van der Waals surface area contributed by atoms with Gasteiger partial charge in [0.2, 0.25) is 0 Å². The molecular weight excluding hydrogens is 258 g/mol. The highest BCUT2D eigenvalue weighted by atomic mass is 16.3. The summed E-state index contributed by atoms with van der Waals surface area (Å²) in [6.07, 6.45) is 7.05. The van der Waals surface area contributed by atoms with Gasteiger partial charge in [-0.2, -0.15) is 0 Å². The van der Waals surface area contributed by atoms with E-state index in [2.05, 4.69) is 42.2 Å². The standard InChI is InChI=1S/C19H29NO/c1-2-15-7-6-12-20(14-15)18-13-17(10-11-19(18)21)16-8-4-3-5-9-16/h3-5,8-9,15,17-19,21H,2,6-7,10-14H2,1H3. The van der Waals surface area contributed by atoms with E-state index in [1.165, 1.54) is 37.9 Å². The van der Waals surface area contributed by atoms with Crippen LogP contribution in [-0.2, 0) is 0 Å². The molecule has 4 atom stereocenters. The Labute approximate surface area is 129 Å². The summed E-state index contributed by atoms with van der Waals surface area (Å²) in [4.78, 5) is 2.59.